The van der Waals surface area contributed by atoms with Crippen LogP contribution in [-0.2, 0) is 25.7 Å². The first kappa shape index (κ1) is 33.7. The number of thioether (sulfide) groups is 1. The molecule has 1 aromatic carbocycles. The third-order valence-electron chi connectivity index (χ3n) is 10.4. The van der Waals surface area contributed by atoms with Gasteiger partial charge in [0.15, 0.2) is 0 Å². The van der Waals surface area contributed by atoms with Gasteiger partial charge in [0.1, 0.15) is 6.04 Å². The van der Waals surface area contributed by atoms with E-state index < -0.39 is 33.4 Å². The Morgan fingerprint density at radius 2 is 1.76 bits per heavy atom. The molecule has 246 valence electrons. The van der Waals surface area contributed by atoms with Crippen LogP contribution >= 0.6 is 11.8 Å². The number of likely N-dealkylation sites (tertiary alicyclic amines) is 1. The normalized spacial score (nSPS) is 29.9. The molecule has 0 radical (unpaired) electrons. The Hall–Kier alpha value is -2.66. The molecule has 10 heteroatoms. The van der Waals surface area contributed by atoms with E-state index in [2.05, 4.69) is 25.0 Å². The Bertz CT molecular complexity index is 1260. The predicted molar refractivity (Wildman–Crippen MR) is 177 cm³/mol. The van der Waals surface area contributed by atoms with Crippen molar-refractivity contribution >= 4 is 29.5 Å². The van der Waals surface area contributed by atoms with Gasteiger partial charge in [-0.25, -0.2) is 0 Å². The van der Waals surface area contributed by atoms with Crippen LogP contribution in [0, 0.1) is 17.8 Å². The second-order valence-corrected chi connectivity index (χ2v) is 15.4. The summed E-state index contributed by atoms with van der Waals surface area (Å²) in [6.45, 7) is 19.0. The van der Waals surface area contributed by atoms with Crippen LogP contribution in [0.3, 0.4) is 0 Å². The zero-order chi connectivity index (χ0) is 32.4. The number of benzene rings is 1. The Balaban J connectivity index is 1.51. The second-order valence-electron chi connectivity index (χ2n) is 13.5. The monoisotopic (exact) mass is 638 g/mol. The summed E-state index contributed by atoms with van der Waals surface area (Å²) in [5.74, 6) is -1.67. The Kier molecular flexibility index (Phi) is 10.5. The number of hydrogen-bond acceptors (Lipinski definition) is 7. The third kappa shape index (κ3) is 6.23. The van der Waals surface area contributed by atoms with Crippen molar-refractivity contribution in [2.75, 3.05) is 59.1 Å². The highest BCUT2D eigenvalue weighted by Crippen LogP contribution is 2.72. The lowest BCUT2D eigenvalue weighted by molar-refractivity contribution is -0.148. The lowest BCUT2D eigenvalue weighted by atomic mass is 9.66. The largest absolute Gasteiger partial charge is 0.394 e. The molecule has 45 heavy (non-hydrogen) atoms. The summed E-state index contributed by atoms with van der Waals surface area (Å²) in [4.78, 5) is 51.8. The van der Waals surface area contributed by atoms with E-state index in [1.54, 1.807) is 33.7 Å². The topological polar surface area (TPSA) is 93.6 Å². The van der Waals surface area contributed by atoms with Crippen molar-refractivity contribution < 1.29 is 24.2 Å². The van der Waals surface area contributed by atoms with E-state index in [1.165, 1.54) is 0 Å². The summed E-state index contributed by atoms with van der Waals surface area (Å²) >= 11 is 1.68. The number of rotatable bonds is 14. The highest BCUT2D eigenvalue weighted by atomic mass is 32.2. The summed E-state index contributed by atoms with van der Waals surface area (Å²) in [6.07, 6.45) is 4.88. The molecule has 4 aliphatic rings. The molecule has 1 N–H and O–H groups in total. The fourth-order valence-electron chi connectivity index (χ4n) is 8.09. The standard InChI is InChI=1S/C35H50N4O5S/c1-6-15-37(18-17-36-19-21-44-22-20-36)33(43)30-35-14-13-34(5,45-35)28(29(35)32(42)39(30)27(24-40)25(3)4)31(41)38(16-7-2)23-26-11-9-8-10-12-26/h6-12,25,27-30,40H,1-2,13-24H2,3-5H3/t27-,28-,29-,30?,34+,35?/m0/s1. The van der Waals surface area contributed by atoms with Gasteiger partial charge in [-0.2, -0.15) is 0 Å². The molecule has 0 saturated carbocycles. The highest BCUT2D eigenvalue weighted by molar-refractivity contribution is 8.02. The molecule has 6 atom stereocenters. The van der Waals surface area contributed by atoms with Crippen molar-refractivity contribution in [2.24, 2.45) is 17.8 Å². The van der Waals surface area contributed by atoms with Gasteiger partial charge in [0, 0.05) is 50.6 Å². The van der Waals surface area contributed by atoms with Gasteiger partial charge < -0.3 is 24.5 Å². The van der Waals surface area contributed by atoms with E-state index in [-0.39, 0.29) is 30.2 Å². The fourth-order valence-corrected chi connectivity index (χ4v) is 10.4. The summed E-state index contributed by atoms with van der Waals surface area (Å²) < 4.78 is 4.27. The zero-order valence-corrected chi connectivity index (χ0v) is 27.9. The lowest BCUT2D eigenvalue weighted by Crippen LogP contribution is -2.59. The first-order chi connectivity index (χ1) is 21.6. The summed E-state index contributed by atoms with van der Waals surface area (Å²) in [5.41, 5.74) is 1.01. The van der Waals surface area contributed by atoms with Crippen LogP contribution < -0.4 is 0 Å². The molecule has 5 rings (SSSR count). The number of aliphatic hydroxyl groups excluding tert-OH is 1. The number of carbonyl (C=O) groups excluding carboxylic acids is 3. The molecule has 3 amide bonds. The molecule has 0 aliphatic carbocycles. The average Bonchev–Trinajstić information content (AvgIpc) is 3.60. The lowest BCUT2D eigenvalue weighted by Gasteiger charge is -2.41. The van der Waals surface area contributed by atoms with E-state index in [9.17, 15) is 19.5 Å². The maximum Gasteiger partial charge on any atom is 0.247 e. The summed E-state index contributed by atoms with van der Waals surface area (Å²) in [7, 11) is 0. The van der Waals surface area contributed by atoms with Crippen molar-refractivity contribution in [3.05, 3.63) is 61.2 Å². The van der Waals surface area contributed by atoms with Gasteiger partial charge in [-0.3, -0.25) is 19.3 Å². The fraction of sp³-hybridized carbons (Fsp3) is 0.629. The first-order valence-corrected chi connectivity index (χ1v) is 17.2. The number of hydrogen-bond donors (Lipinski definition) is 1. The molecule has 2 bridgehead atoms. The minimum atomic E-state index is -0.772. The van der Waals surface area contributed by atoms with Crippen molar-refractivity contribution in [1.82, 2.24) is 19.6 Å². The second kappa shape index (κ2) is 14.0. The average molecular weight is 639 g/mol. The first-order valence-electron chi connectivity index (χ1n) is 16.4. The summed E-state index contributed by atoms with van der Waals surface area (Å²) in [6, 6.07) is 8.56. The van der Waals surface area contributed by atoms with Gasteiger partial charge in [0.2, 0.25) is 17.7 Å². The van der Waals surface area contributed by atoms with E-state index in [4.69, 9.17) is 4.74 Å². The van der Waals surface area contributed by atoms with Gasteiger partial charge in [0.05, 0.1) is 42.4 Å². The number of nitrogens with zero attached hydrogens (tertiary/aromatic N) is 4. The van der Waals surface area contributed by atoms with Gasteiger partial charge in [-0.15, -0.1) is 24.9 Å². The molecule has 9 nitrogen and oxygen atoms in total. The summed E-state index contributed by atoms with van der Waals surface area (Å²) in [5, 5.41) is 10.6. The molecule has 4 aliphatic heterocycles. The van der Waals surface area contributed by atoms with E-state index in [0.29, 0.717) is 52.4 Å². The number of fused-ring (bicyclic) bond motifs is 1. The van der Waals surface area contributed by atoms with Gasteiger partial charge >= 0.3 is 0 Å². The quantitative estimate of drug-likeness (QED) is 0.313. The Morgan fingerprint density at radius 1 is 1.09 bits per heavy atom. The number of carbonyl (C=O) groups is 3. The molecule has 4 saturated heterocycles. The van der Waals surface area contributed by atoms with Crippen molar-refractivity contribution in [3.8, 4) is 0 Å². The van der Waals surface area contributed by atoms with Crippen LogP contribution in [0.25, 0.3) is 0 Å². The molecule has 4 fully saturated rings. The SMILES string of the molecule is C=CCN(CCN1CCOCC1)C(=O)C1N([C@@H](CO)C(C)C)C(=O)[C@@H]2[C@@H](C(=O)N(CC=C)Cc3ccccc3)[C@@]3(C)CCC12S3. The number of ether oxygens (including phenoxy) is 1. The van der Waals surface area contributed by atoms with Crippen molar-refractivity contribution in [3.63, 3.8) is 0 Å². The van der Waals surface area contributed by atoms with Gasteiger partial charge in [-0.05, 0) is 31.2 Å². The Labute approximate surface area is 272 Å². The maximum absolute atomic E-state index is 14.8. The van der Waals surface area contributed by atoms with Crippen LogP contribution in [-0.4, -0.2) is 123 Å². The highest BCUT2D eigenvalue weighted by Gasteiger charge is 2.78. The van der Waals surface area contributed by atoms with Crippen LogP contribution in [0.5, 0.6) is 0 Å². The smallest absolute Gasteiger partial charge is 0.247 e. The van der Waals surface area contributed by atoms with E-state index in [1.807, 2.05) is 49.1 Å². The van der Waals surface area contributed by atoms with Crippen LogP contribution in [0.1, 0.15) is 39.2 Å². The minimum absolute atomic E-state index is 0.0675. The number of amides is 3. The minimum Gasteiger partial charge on any atom is -0.394 e. The molecular formula is C35H50N4O5S. The van der Waals surface area contributed by atoms with Crippen LogP contribution in [0.2, 0.25) is 0 Å². The van der Waals surface area contributed by atoms with Crippen molar-refractivity contribution in [1.29, 1.82) is 0 Å². The van der Waals surface area contributed by atoms with Crippen LogP contribution in [0.15, 0.2) is 55.6 Å². The molecule has 0 aromatic heterocycles. The predicted octanol–water partition coefficient (Wildman–Crippen LogP) is 3.05. The molecule has 2 unspecified atom stereocenters. The van der Waals surface area contributed by atoms with Crippen molar-refractivity contribution in [2.45, 2.75) is 61.7 Å². The van der Waals surface area contributed by atoms with E-state index >= 15 is 0 Å². The van der Waals surface area contributed by atoms with E-state index in [0.717, 1.165) is 25.1 Å². The maximum atomic E-state index is 14.8. The molecular weight excluding hydrogens is 588 g/mol. The molecule has 1 aromatic rings. The number of morpholine rings is 1. The number of aliphatic hydroxyl groups is 1. The van der Waals surface area contributed by atoms with Gasteiger partial charge in [-0.1, -0.05) is 56.3 Å². The van der Waals surface area contributed by atoms with Crippen LogP contribution in [0.4, 0.5) is 0 Å². The van der Waals surface area contributed by atoms with Gasteiger partial charge in [0.25, 0.3) is 0 Å². The third-order valence-corrected chi connectivity index (χ3v) is 12.3. The molecule has 4 heterocycles. The Morgan fingerprint density at radius 3 is 2.38 bits per heavy atom. The molecule has 1 spiro atoms. The zero-order valence-electron chi connectivity index (χ0n) is 27.1.